The molecule has 2 aliphatic rings. The Balaban J connectivity index is 1.87. The fourth-order valence-corrected chi connectivity index (χ4v) is 4.52. The topological polar surface area (TPSA) is 15.3 Å². The quantitative estimate of drug-likeness (QED) is 0.845. The van der Waals surface area contributed by atoms with E-state index in [9.17, 15) is 0 Å². The molecule has 0 bridgehead atoms. The van der Waals surface area contributed by atoms with Crippen molar-refractivity contribution in [2.45, 2.75) is 63.8 Å². The van der Waals surface area contributed by atoms with Gasteiger partial charge in [-0.3, -0.25) is 4.90 Å². The van der Waals surface area contributed by atoms with Gasteiger partial charge in [-0.15, -0.1) is 0 Å². The predicted octanol–water partition coefficient (Wildman–Crippen LogP) is 2.98. The first-order valence-corrected chi connectivity index (χ1v) is 8.84. The summed E-state index contributed by atoms with van der Waals surface area (Å²) in [6.45, 7) is 10.8. The zero-order valence-corrected chi connectivity index (χ0v) is 13.1. The molecule has 0 aromatic carbocycles. The molecular formula is C15H30N2S. The minimum Gasteiger partial charge on any atom is -0.312 e. The van der Waals surface area contributed by atoms with Crippen LogP contribution < -0.4 is 5.32 Å². The molecule has 3 heteroatoms. The first-order chi connectivity index (χ1) is 8.70. The Morgan fingerprint density at radius 3 is 2.89 bits per heavy atom. The molecule has 106 valence electrons. The fourth-order valence-electron chi connectivity index (χ4n) is 3.39. The summed E-state index contributed by atoms with van der Waals surface area (Å²) >= 11 is 2.18. The number of rotatable bonds is 4. The molecule has 0 aromatic heterocycles. The second-order valence-electron chi connectivity index (χ2n) is 6.20. The number of thioether (sulfide) groups is 1. The van der Waals surface area contributed by atoms with Crippen molar-refractivity contribution in [2.75, 3.05) is 25.4 Å². The van der Waals surface area contributed by atoms with Crippen molar-refractivity contribution >= 4 is 11.8 Å². The average Bonchev–Trinajstić information content (AvgIpc) is 2.65. The summed E-state index contributed by atoms with van der Waals surface area (Å²) in [6.07, 6.45) is 5.64. The van der Waals surface area contributed by atoms with Crippen LogP contribution in [0.3, 0.4) is 0 Å². The Morgan fingerprint density at radius 1 is 1.33 bits per heavy atom. The minimum atomic E-state index is 0.699. The van der Waals surface area contributed by atoms with Crippen LogP contribution in [0.15, 0.2) is 0 Å². The molecule has 1 aliphatic carbocycles. The summed E-state index contributed by atoms with van der Waals surface area (Å²) in [6, 6.07) is 1.57. The molecule has 3 unspecified atom stereocenters. The van der Waals surface area contributed by atoms with Crippen molar-refractivity contribution in [3.63, 3.8) is 0 Å². The van der Waals surface area contributed by atoms with Gasteiger partial charge in [0.05, 0.1) is 0 Å². The van der Waals surface area contributed by atoms with Crippen LogP contribution in [-0.2, 0) is 0 Å². The molecule has 1 saturated carbocycles. The molecule has 0 amide bonds. The largest absolute Gasteiger partial charge is 0.312 e. The number of nitrogens with zero attached hydrogens (tertiary/aromatic N) is 1. The first kappa shape index (κ1) is 14.7. The molecular weight excluding hydrogens is 240 g/mol. The molecule has 0 radical (unpaired) electrons. The maximum atomic E-state index is 3.72. The third-order valence-corrected chi connectivity index (χ3v) is 5.77. The zero-order valence-electron chi connectivity index (χ0n) is 12.3. The van der Waals surface area contributed by atoms with Crippen LogP contribution in [0.1, 0.15) is 46.5 Å². The van der Waals surface area contributed by atoms with Crippen LogP contribution in [0.25, 0.3) is 0 Å². The van der Waals surface area contributed by atoms with Gasteiger partial charge in [-0.05, 0) is 50.4 Å². The van der Waals surface area contributed by atoms with E-state index >= 15 is 0 Å². The summed E-state index contributed by atoms with van der Waals surface area (Å²) in [5, 5.41) is 4.66. The van der Waals surface area contributed by atoms with Crippen molar-refractivity contribution in [2.24, 2.45) is 5.92 Å². The van der Waals surface area contributed by atoms with Gasteiger partial charge in [-0.1, -0.05) is 20.8 Å². The van der Waals surface area contributed by atoms with Crippen LogP contribution in [0.5, 0.6) is 0 Å². The molecule has 1 heterocycles. The molecule has 18 heavy (non-hydrogen) atoms. The lowest BCUT2D eigenvalue weighted by Crippen LogP contribution is -2.44. The van der Waals surface area contributed by atoms with Crippen molar-refractivity contribution in [1.29, 1.82) is 0 Å². The SMILES string of the molecule is CCSC1CCC(N2CCCNC(C(C)C)C2)C1. The second-order valence-corrected chi connectivity index (χ2v) is 7.77. The molecule has 2 rings (SSSR count). The molecule has 1 N–H and O–H groups in total. The summed E-state index contributed by atoms with van der Waals surface area (Å²) in [5.74, 6) is 2.04. The van der Waals surface area contributed by atoms with Crippen LogP contribution in [0.2, 0.25) is 0 Å². The maximum absolute atomic E-state index is 3.72. The van der Waals surface area contributed by atoms with E-state index in [4.69, 9.17) is 0 Å². The number of hydrogen-bond donors (Lipinski definition) is 1. The van der Waals surface area contributed by atoms with Crippen molar-refractivity contribution < 1.29 is 0 Å². The highest BCUT2D eigenvalue weighted by Crippen LogP contribution is 2.33. The molecule has 3 atom stereocenters. The van der Waals surface area contributed by atoms with E-state index in [1.807, 2.05) is 0 Å². The third kappa shape index (κ3) is 3.88. The van der Waals surface area contributed by atoms with Crippen molar-refractivity contribution in [3.05, 3.63) is 0 Å². The van der Waals surface area contributed by atoms with Gasteiger partial charge in [0.1, 0.15) is 0 Å². The first-order valence-electron chi connectivity index (χ1n) is 7.79. The molecule has 1 saturated heterocycles. The molecule has 2 nitrogen and oxygen atoms in total. The Bertz CT molecular complexity index is 245. The van der Waals surface area contributed by atoms with Crippen LogP contribution in [0.4, 0.5) is 0 Å². The smallest absolute Gasteiger partial charge is 0.0218 e. The van der Waals surface area contributed by atoms with Gasteiger partial charge in [0.25, 0.3) is 0 Å². The van der Waals surface area contributed by atoms with Crippen LogP contribution in [0, 0.1) is 5.92 Å². The van der Waals surface area contributed by atoms with E-state index < -0.39 is 0 Å². The van der Waals surface area contributed by atoms with Gasteiger partial charge in [-0.2, -0.15) is 11.8 Å². The third-order valence-electron chi connectivity index (χ3n) is 4.54. The fraction of sp³-hybridized carbons (Fsp3) is 1.00. The standard InChI is InChI=1S/C15H30N2S/c1-4-18-14-7-6-13(10-14)17-9-5-8-16-15(11-17)12(2)3/h12-16H,4-11H2,1-3H3. The summed E-state index contributed by atoms with van der Waals surface area (Å²) < 4.78 is 0. The lowest BCUT2D eigenvalue weighted by atomic mass is 10.0. The van der Waals surface area contributed by atoms with Crippen LogP contribution >= 0.6 is 11.8 Å². The number of hydrogen-bond acceptors (Lipinski definition) is 3. The monoisotopic (exact) mass is 270 g/mol. The Labute approximate surface area is 117 Å². The van der Waals surface area contributed by atoms with Gasteiger partial charge < -0.3 is 5.32 Å². The van der Waals surface area contributed by atoms with Gasteiger partial charge in [-0.25, -0.2) is 0 Å². The summed E-state index contributed by atoms with van der Waals surface area (Å²) in [7, 11) is 0. The van der Waals surface area contributed by atoms with E-state index in [1.54, 1.807) is 0 Å². The van der Waals surface area contributed by atoms with E-state index in [-0.39, 0.29) is 0 Å². The van der Waals surface area contributed by atoms with E-state index in [0.29, 0.717) is 6.04 Å². The van der Waals surface area contributed by atoms with E-state index in [1.165, 1.54) is 51.1 Å². The van der Waals surface area contributed by atoms with Gasteiger partial charge >= 0.3 is 0 Å². The average molecular weight is 270 g/mol. The van der Waals surface area contributed by atoms with Crippen molar-refractivity contribution in [3.8, 4) is 0 Å². The Kier molecular flexibility index (Phi) is 5.84. The zero-order chi connectivity index (χ0) is 13.0. The Hall–Kier alpha value is 0.270. The maximum Gasteiger partial charge on any atom is 0.0218 e. The molecule has 2 fully saturated rings. The van der Waals surface area contributed by atoms with Gasteiger partial charge in [0.15, 0.2) is 0 Å². The van der Waals surface area contributed by atoms with E-state index in [0.717, 1.165) is 17.2 Å². The normalized spacial score (nSPS) is 35.0. The summed E-state index contributed by atoms with van der Waals surface area (Å²) in [5.41, 5.74) is 0. The lowest BCUT2D eigenvalue weighted by Gasteiger charge is -2.31. The highest BCUT2D eigenvalue weighted by atomic mass is 32.2. The molecule has 0 aromatic rings. The molecule has 0 spiro atoms. The van der Waals surface area contributed by atoms with E-state index in [2.05, 4.69) is 42.7 Å². The second kappa shape index (κ2) is 7.16. The highest BCUT2D eigenvalue weighted by molar-refractivity contribution is 7.99. The lowest BCUT2D eigenvalue weighted by molar-refractivity contribution is 0.183. The van der Waals surface area contributed by atoms with Gasteiger partial charge in [0, 0.05) is 23.9 Å². The predicted molar refractivity (Wildman–Crippen MR) is 82.4 cm³/mol. The summed E-state index contributed by atoms with van der Waals surface area (Å²) in [4.78, 5) is 2.79. The minimum absolute atomic E-state index is 0.699. The van der Waals surface area contributed by atoms with Gasteiger partial charge in [0.2, 0.25) is 0 Å². The number of nitrogens with one attached hydrogen (secondary N) is 1. The van der Waals surface area contributed by atoms with Crippen molar-refractivity contribution in [1.82, 2.24) is 10.2 Å². The Morgan fingerprint density at radius 2 is 2.17 bits per heavy atom. The van der Waals surface area contributed by atoms with Crippen LogP contribution in [-0.4, -0.2) is 47.6 Å². The molecule has 1 aliphatic heterocycles. The highest BCUT2D eigenvalue weighted by Gasteiger charge is 2.31.